The third kappa shape index (κ3) is 1.75. The fourth-order valence-electron chi connectivity index (χ4n) is 7.71. The molecule has 0 spiro atoms. The second-order valence-electron chi connectivity index (χ2n) is 10.2. The molecule has 0 bridgehead atoms. The van der Waals surface area contributed by atoms with Gasteiger partial charge in [-0.2, -0.15) is 5.10 Å². The first-order valence-corrected chi connectivity index (χ1v) is 10.1. The van der Waals surface area contributed by atoms with Crippen LogP contribution < -0.4 is 0 Å². The number of rotatable bonds is 0. The Morgan fingerprint density at radius 2 is 1.88 bits per heavy atom. The van der Waals surface area contributed by atoms with Gasteiger partial charge >= 0.3 is 0 Å². The van der Waals surface area contributed by atoms with Crippen molar-refractivity contribution in [3.05, 3.63) is 17.5 Å². The number of hydrogen-bond donors (Lipinski definition) is 2. The first-order chi connectivity index (χ1) is 11.4. The summed E-state index contributed by atoms with van der Waals surface area (Å²) in [6.07, 6.45) is 12.0. The number of nitrogens with zero attached hydrogens (tertiary/aromatic N) is 1. The van der Waals surface area contributed by atoms with Gasteiger partial charge in [-0.25, -0.2) is 0 Å². The molecule has 3 heteroatoms. The average Bonchev–Trinajstić information content (AvgIpc) is 3.06. The zero-order chi connectivity index (χ0) is 16.7. The SMILES string of the molecule is C[C@@]12Cc3cn[nH]c3C[C@H]1CC[C@H]1[C@H]2CC[C@]2(C)[C@@H]1CC[C@@]2(C)O. The van der Waals surface area contributed by atoms with Crippen molar-refractivity contribution < 1.29 is 5.11 Å². The molecule has 0 aromatic carbocycles. The van der Waals surface area contributed by atoms with E-state index in [0.29, 0.717) is 5.41 Å². The van der Waals surface area contributed by atoms with E-state index in [-0.39, 0.29) is 5.41 Å². The second-order valence-corrected chi connectivity index (χ2v) is 10.2. The van der Waals surface area contributed by atoms with Gasteiger partial charge in [0, 0.05) is 5.69 Å². The van der Waals surface area contributed by atoms with Gasteiger partial charge in [-0.3, -0.25) is 5.10 Å². The van der Waals surface area contributed by atoms with E-state index in [9.17, 15) is 5.11 Å². The number of aromatic amines is 1. The fraction of sp³-hybridized carbons (Fsp3) is 0.857. The smallest absolute Gasteiger partial charge is 0.0675 e. The van der Waals surface area contributed by atoms with Gasteiger partial charge in [-0.15, -0.1) is 0 Å². The molecule has 24 heavy (non-hydrogen) atoms. The van der Waals surface area contributed by atoms with E-state index in [2.05, 4.69) is 37.2 Å². The van der Waals surface area contributed by atoms with E-state index in [0.717, 1.165) is 30.1 Å². The number of hydrogen-bond acceptors (Lipinski definition) is 2. The van der Waals surface area contributed by atoms with Crippen molar-refractivity contribution in [2.75, 3.05) is 0 Å². The molecule has 4 aliphatic carbocycles. The van der Waals surface area contributed by atoms with E-state index in [1.54, 1.807) is 0 Å². The zero-order valence-electron chi connectivity index (χ0n) is 15.4. The van der Waals surface area contributed by atoms with Gasteiger partial charge in [-0.1, -0.05) is 13.8 Å². The lowest BCUT2D eigenvalue weighted by atomic mass is 9.44. The summed E-state index contributed by atoms with van der Waals surface area (Å²) in [6.45, 7) is 7.09. The second kappa shape index (κ2) is 4.66. The maximum Gasteiger partial charge on any atom is 0.0675 e. The molecule has 1 heterocycles. The first-order valence-electron chi connectivity index (χ1n) is 10.1. The third-order valence-electron chi connectivity index (χ3n) is 9.46. The van der Waals surface area contributed by atoms with E-state index in [1.165, 1.54) is 56.2 Å². The fourth-order valence-corrected chi connectivity index (χ4v) is 7.71. The molecule has 7 atom stereocenters. The van der Waals surface area contributed by atoms with Gasteiger partial charge in [0.1, 0.15) is 0 Å². The summed E-state index contributed by atoms with van der Waals surface area (Å²) < 4.78 is 0. The molecule has 0 radical (unpaired) electrons. The van der Waals surface area contributed by atoms with Crippen LogP contribution in [0.25, 0.3) is 0 Å². The van der Waals surface area contributed by atoms with Crippen LogP contribution in [0.1, 0.15) is 70.6 Å². The minimum absolute atomic E-state index is 0.146. The number of nitrogens with one attached hydrogen (secondary N) is 1. The molecule has 3 nitrogen and oxygen atoms in total. The van der Waals surface area contributed by atoms with E-state index in [4.69, 9.17) is 0 Å². The number of fused-ring (bicyclic) bond motifs is 6. The van der Waals surface area contributed by atoms with Crippen molar-refractivity contribution in [2.45, 2.75) is 77.7 Å². The monoisotopic (exact) mass is 328 g/mol. The highest BCUT2D eigenvalue weighted by molar-refractivity contribution is 5.26. The number of aliphatic hydroxyl groups is 1. The molecular formula is C21H32N2O. The summed E-state index contributed by atoms with van der Waals surface area (Å²) in [5.41, 5.74) is 3.01. The molecule has 3 fully saturated rings. The molecule has 1 aromatic rings. The van der Waals surface area contributed by atoms with Crippen molar-refractivity contribution in [3.8, 4) is 0 Å². The summed E-state index contributed by atoms with van der Waals surface area (Å²) >= 11 is 0. The largest absolute Gasteiger partial charge is 0.390 e. The van der Waals surface area contributed by atoms with Crippen molar-refractivity contribution in [2.24, 2.45) is 34.5 Å². The Morgan fingerprint density at radius 3 is 2.71 bits per heavy atom. The highest BCUT2D eigenvalue weighted by Gasteiger charge is 2.63. The van der Waals surface area contributed by atoms with Gasteiger partial charge < -0.3 is 5.11 Å². The minimum Gasteiger partial charge on any atom is -0.390 e. The minimum atomic E-state index is -0.454. The molecule has 3 saturated carbocycles. The molecule has 1 aromatic heterocycles. The van der Waals surface area contributed by atoms with Crippen LogP contribution in [0.5, 0.6) is 0 Å². The molecule has 0 unspecified atom stereocenters. The summed E-state index contributed by atoms with van der Waals surface area (Å²) in [5.74, 6) is 3.21. The topological polar surface area (TPSA) is 48.9 Å². The van der Waals surface area contributed by atoms with Crippen LogP contribution in [0.3, 0.4) is 0 Å². The normalized spacial score (nSPS) is 53.0. The van der Waals surface area contributed by atoms with Gasteiger partial charge in [0.25, 0.3) is 0 Å². The highest BCUT2D eigenvalue weighted by atomic mass is 16.3. The molecule has 2 N–H and O–H groups in total. The van der Waals surface area contributed by atoms with E-state index >= 15 is 0 Å². The Hall–Kier alpha value is -0.830. The summed E-state index contributed by atoms with van der Waals surface area (Å²) in [5, 5.41) is 18.6. The van der Waals surface area contributed by atoms with Crippen molar-refractivity contribution >= 4 is 0 Å². The van der Waals surface area contributed by atoms with Crippen LogP contribution in [0.2, 0.25) is 0 Å². The standard InChI is InChI=1S/C21H32N2O/c1-19-11-13-12-22-23-18(13)10-14(19)4-5-15-16(19)6-8-20(2)17(15)7-9-21(20,3)24/h12,14-17,24H,4-11H2,1-3H3,(H,22,23)/t14-,15+,16-,17-,19-,20-,21-/m1/s1. The van der Waals surface area contributed by atoms with Crippen molar-refractivity contribution in [1.29, 1.82) is 0 Å². The Labute approximate surface area is 145 Å². The van der Waals surface area contributed by atoms with Crippen molar-refractivity contribution in [3.63, 3.8) is 0 Å². The Balaban J connectivity index is 1.50. The van der Waals surface area contributed by atoms with Gasteiger partial charge in [0.05, 0.1) is 11.8 Å². The molecule has 5 rings (SSSR count). The van der Waals surface area contributed by atoms with Crippen LogP contribution in [0, 0.1) is 34.5 Å². The highest BCUT2D eigenvalue weighted by Crippen LogP contribution is 2.67. The maximum absolute atomic E-state index is 11.0. The molecule has 4 aliphatic rings. The van der Waals surface area contributed by atoms with E-state index in [1.807, 2.05) is 0 Å². The summed E-state index contributed by atoms with van der Waals surface area (Å²) in [6, 6.07) is 0. The average molecular weight is 329 g/mol. The maximum atomic E-state index is 11.0. The lowest BCUT2D eigenvalue weighted by Gasteiger charge is -2.60. The summed E-state index contributed by atoms with van der Waals surface area (Å²) in [7, 11) is 0. The molecule has 0 saturated heterocycles. The van der Waals surface area contributed by atoms with Crippen LogP contribution in [-0.2, 0) is 12.8 Å². The molecule has 0 amide bonds. The van der Waals surface area contributed by atoms with Crippen molar-refractivity contribution in [1.82, 2.24) is 10.2 Å². The quantitative estimate of drug-likeness (QED) is 0.752. The van der Waals surface area contributed by atoms with Crippen LogP contribution in [-0.4, -0.2) is 20.9 Å². The Morgan fingerprint density at radius 1 is 1.08 bits per heavy atom. The lowest BCUT2D eigenvalue weighted by molar-refractivity contribution is -0.139. The van der Waals surface area contributed by atoms with E-state index < -0.39 is 5.60 Å². The van der Waals surface area contributed by atoms with Gasteiger partial charge in [-0.05, 0) is 98.4 Å². The number of H-pyrrole nitrogens is 1. The predicted molar refractivity (Wildman–Crippen MR) is 94.5 cm³/mol. The van der Waals surface area contributed by atoms with Crippen LogP contribution >= 0.6 is 0 Å². The lowest BCUT2D eigenvalue weighted by Crippen LogP contribution is -2.56. The summed E-state index contributed by atoms with van der Waals surface area (Å²) in [4.78, 5) is 0. The Bertz CT molecular complexity index is 665. The zero-order valence-corrected chi connectivity index (χ0v) is 15.4. The Kier molecular flexibility index (Phi) is 3.00. The van der Waals surface area contributed by atoms with Crippen LogP contribution in [0.4, 0.5) is 0 Å². The molecular weight excluding hydrogens is 296 g/mol. The third-order valence-corrected chi connectivity index (χ3v) is 9.46. The number of aromatic nitrogens is 2. The predicted octanol–water partition coefficient (Wildman–Crippen LogP) is 4.12. The first kappa shape index (κ1) is 15.4. The van der Waals surface area contributed by atoms with Crippen LogP contribution in [0.15, 0.2) is 6.20 Å². The molecule has 132 valence electrons. The van der Waals surface area contributed by atoms with Gasteiger partial charge in [0.15, 0.2) is 0 Å². The van der Waals surface area contributed by atoms with Gasteiger partial charge in [0.2, 0.25) is 0 Å². The molecule has 0 aliphatic heterocycles.